The summed E-state index contributed by atoms with van der Waals surface area (Å²) in [6.45, 7) is 8.81. The minimum Gasteiger partial charge on any atom is -0.383 e. The van der Waals surface area contributed by atoms with Crippen molar-refractivity contribution in [3.05, 3.63) is 70.1 Å². The number of pyridine rings is 2. The lowest BCUT2D eigenvalue weighted by atomic mass is 9.96. The number of nitriles is 1. The molecular formula is C29H30ClFN8. The van der Waals surface area contributed by atoms with Crippen LogP contribution in [-0.4, -0.2) is 31.5 Å². The molecule has 2 aliphatic carbocycles. The van der Waals surface area contributed by atoms with Crippen LogP contribution in [0.2, 0.25) is 5.02 Å². The third-order valence-corrected chi connectivity index (χ3v) is 8.03. The zero-order valence-corrected chi connectivity index (χ0v) is 23.1. The summed E-state index contributed by atoms with van der Waals surface area (Å²) in [6.07, 6.45) is 7.16. The minimum atomic E-state index is -0.536. The normalized spacial score (nSPS) is 18.1. The number of benzene rings is 1. The number of nitrogens with one attached hydrogen (secondary N) is 2. The van der Waals surface area contributed by atoms with E-state index in [4.69, 9.17) is 11.6 Å². The van der Waals surface area contributed by atoms with E-state index in [9.17, 15) is 9.65 Å². The van der Waals surface area contributed by atoms with Gasteiger partial charge in [0.15, 0.2) is 0 Å². The van der Waals surface area contributed by atoms with Crippen molar-refractivity contribution >= 4 is 33.9 Å². The summed E-state index contributed by atoms with van der Waals surface area (Å²) < 4.78 is 15.9. The molecule has 2 fully saturated rings. The van der Waals surface area contributed by atoms with Crippen molar-refractivity contribution in [2.24, 2.45) is 10.8 Å². The fourth-order valence-corrected chi connectivity index (χ4v) is 5.54. The molecule has 0 bridgehead atoms. The van der Waals surface area contributed by atoms with Crippen LogP contribution in [-0.2, 0) is 0 Å². The number of halogens is 2. The van der Waals surface area contributed by atoms with E-state index in [1.165, 1.54) is 18.9 Å². The first-order valence-corrected chi connectivity index (χ1v) is 13.5. The van der Waals surface area contributed by atoms with E-state index >= 15 is 0 Å². The Bertz CT molecular complexity index is 1630. The highest BCUT2D eigenvalue weighted by Gasteiger charge is 2.64. The Hall–Kier alpha value is -3.77. The van der Waals surface area contributed by atoms with Crippen molar-refractivity contribution < 1.29 is 4.39 Å². The molecule has 2 atom stereocenters. The summed E-state index contributed by atoms with van der Waals surface area (Å²) in [5.41, 5.74) is 4.90. The highest BCUT2D eigenvalue weighted by molar-refractivity contribution is 6.35. The van der Waals surface area contributed by atoms with Gasteiger partial charge in [-0.3, -0.25) is 4.98 Å². The van der Waals surface area contributed by atoms with Crippen molar-refractivity contribution in [3.63, 3.8) is 0 Å². The fraction of sp³-hybridized carbons (Fsp3) is 0.414. The Labute approximate surface area is 231 Å². The van der Waals surface area contributed by atoms with Crippen LogP contribution in [0.25, 0.3) is 10.9 Å². The van der Waals surface area contributed by atoms with E-state index in [0.717, 1.165) is 17.4 Å². The van der Waals surface area contributed by atoms with E-state index in [2.05, 4.69) is 57.8 Å². The van der Waals surface area contributed by atoms with E-state index in [1.807, 2.05) is 16.9 Å². The number of nitrogens with zero attached hydrogens (tertiary/aromatic N) is 6. The number of rotatable bonds is 7. The maximum Gasteiger partial charge on any atom is 0.213 e. The molecule has 0 aliphatic heterocycles. The summed E-state index contributed by atoms with van der Waals surface area (Å²) >= 11 is 6.73. The molecule has 2 aliphatic rings. The van der Waals surface area contributed by atoms with Crippen LogP contribution in [0.4, 0.5) is 15.8 Å². The monoisotopic (exact) mass is 544 g/mol. The van der Waals surface area contributed by atoms with Gasteiger partial charge in [0.25, 0.3) is 0 Å². The molecule has 0 saturated heterocycles. The zero-order valence-electron chi connectivity index (χ0n) is 22.4. The summed E-state index contributed by atoms with van der Waals surface area (Å²) in [6, 6.07) is 9.01. The number of fused-ring (bicyclic) bond motifs is 1. The van der Waals surface area contributed by atoms with E-state index in [-0.39, 0.29) is 5.41 Å². The van der Waals surface area contributed by atoms with Crippen molar-refractivity contribution in [2.45, 2.75) is 59.0 Å². The summed E-state index contributed by atoms with van der Waals surface area (Å²) in [7, 11) is 0. The van der Waals surface area contributed by atoms with Crippen LogP contribution < -0.4 is 10.6 Å². The van der Waals surface area contributed by atoms with Gasteiger partial charge in [-0.15, -0.1) is 5.10 Å². The number of aromatic nitrogens is 5. The first-order valence-electron chi connectivity index (χ1n) is 13.1. The first-order chi connectivity index (χ1) is 18.6. The average molecular weight is 545 g/mol. The summed E-state index contributed by atoms with van der Waals surface area (Å²) in [5.74, 6) is -0.536. The Balaban J connectivity index is 1.42. The maximum atomic E-state index is 13.9. The molecule has 0 amide bonds. The molecule has 1 spiro atoms. The molecule has 39 heavy (non-hydrogen) atoms. The van der Waals surface area contributed by atoms with Crippen LogP contribution in [0, 0.1) is 35.0 Å². The number of anilines is 2. The standard InChI is InChI=1S/C29H30ClFN8/c1-16-19(5-6-24(31)35-16)27(22-14-39(38-37-22)23-11-29(23)7-8-29)36-18-9-20-25(34-15-28(2,3)4)17(12-32)13-33-26(20)21(30)10-18/h5-6,9-10,13-14,23,27,36H,7-8,11,15H2,1-4H3,(H,33,34)/t23?,27-/m0/s1. The Morgan fingerprint density at radius 2 is 2.08 bits per heavy atom. The molecule has 4 aromatic rings. The van der Waals surface area contributed by atoms with Crippen LogP contribution in [0.15, 0.2) is 36.7 Å². The Morgan fingerprint density at radius 1 is 1.28 bits per heavy atom. The number of hydrogen-bond donors (Lipinski definition) is 2. The second kappa shape index (κ2) is 9.16. The lowest BCUT2D eigenvalue weighted by Gasteiger charge is -2.23. The molecule has 2 N–H and O–H groups in total. The van der Waals surface area contributed by atoms with Crippen LogP contribution in [0.1, 0.15) is 74.6 Å². The molecule has 6 rings (SSSR count). The second-order valence-electron chi connectivity index (χ2n) is 12.0. The van der Waals surface area contributed by atoms with Gasteiger partial charge in [-0.2, -0.15) is 9.65 Å². The van der Waals surface area contributed by atoms with E-state index < -0.39 is 12.0 Å². The summed E-state index contributed by atoms with van der Waals surface area (Å²) in [4.78, 5) is 8.52. The van der Waals surface area contributed by atoms with Gasteiger partial charge < -0.3 is 10.6 Å². The zero-order chi connectivity index (χ0) is 27.5. The molecule has 3 aromatic heterocycles. The number of aryl methyl sites for hydroxylation is 1. The molecule has 3 heterocycles. The molecule has 1 unspecified atom stereocenters. The van der Waals surface area contributed by atoms with Gasteiger partial charge in [-0.1, -0.05) is 43.7 Å². The quantitative estimate of drug-likeness (QED) is 0.253. The molecule has 2 saturated carbocycles. The molecule has 10 heteroatoms. The second-order valence-corrected chi connectivity index (χ2v) is 12.4. The SMILES string of the molecule is Cc1nc(F)ccc1[C@H](Nc1cc(Cl)c2ncc(C#N)c(NCC(C)(C)C)c2c1)c1cn(C2CC23CC3)nn1. The summed E-state index contributed by atoms with van der Waals surface area (Å²) in [5, 5.41) is 26.9. The van der Waals surface area contributed by atoms with Gasteiger partial charge >= 0.3 is 0 Å². The topological polar surface area (TPSA) is 104 Å². The number of hydrogen-bond acceptors (Lipinski definition) is 7. The minimum absolute atomic E-state index is 0.00733. The van der Waals surface area contributed by atoms with Crippen LogP contribution in [0.3, 0.4) is 0 Å². The molecule has 1 aromatic carbocycles. The van der Waals surface area contributed by atoms with Crippen LogP contribution >= 0.6 is 11.6 Å². The van der Waals surface area contributed by atoms with Gasteiger partial charge in [0.1, 0.15) is 11.8 Å². The Morgan fingerprint density at radius 3 is 2.74 bits per heavy atom. The van der Waals surface area contributed by atoms with Gasteiger partial charge in [0.2, 0.25) is 5.95 Å². The maximum absolute atomic E-state index is 13.9. The predicted octanol–water partition coefficient (Wildman–Crippen LogP) is 6.58. The Kier molecular flexibility index (Phi) is 5.99. The molecule has 0 radical (unpaired) electrons. The highest BCUT2D eigenvalue weighted by Crippen LogP contribution is 2.72. The molecular weight excluding hydrogens is 515 g/mol. The lowest BCUT2D eigenvalue weighted by molar-refractivity contribution is 0.443. The first kappa shape index (κ1) is 25.5. The van der Waals surface area contributed by atoms with Crippen molar-refractivity contribution in [2.75, 3.05) is 17.2 Å². The van der Waals surface area contributed by atoms with Gasteiger partial charge in [0, 0.05) is 35.1 Å². The van der Waals surface area contributed by atoms with Gasteiger partial charge in [-0.25, -0.2) is 9.67 Å². The van der Waals surface area contributed by atoms with Gasteiger partial charge in [0.05, 0.1) is 40.1 Å². The van der Waals surface area contributed by atoms with Crippen molar-refractivity contribution in [1.82, 2.24) is 25.0 Å². The largest absolute Gasteiger partial charge is 0.383 e. The average Bonchev–Trinajstić information content (AvgIpc) is 3.76. The third kappa shape index (κ3) is 4.89. The highest BCUT2D eigenvalue weighted by atomic mass is 35.5. The van der Waals surface area contributed by atoms with Crippen molar-refractivity contribution in [3.8, 4) is 6.07 Å². The van der Waals surface area contributed by atoms with E-state index in [1.54, 1.807) is 25.3 Å². The predicted molar refractivity (Wildman–Crippen MR) is 149 cm³/mol. The van der Waals surface area contributed by atoms with Crippen molar-refractivity contribution in [1.29, 1.82) is 5.26 Å². The van der Waals surface area contributed by atoms with Gasteiger partial charge in [-0.05, 0) is 55.2 Å². The van der Waals surface area contributed by atoms with Crippen LogP contribution in [0.5, 0.6) is 0 Å². The smallest absolute Gasteiger partial charge is 0.213 e. The van der Waals surface area contributed by atoms with E-state index in [0.29, 0.717) is 56.9 Å². The molecule has 8 nitrogen and oxygen atoms in total. The lowest BCUT2D eigenvalue weighted by Crippen LogP contribution is -2.20. The fourth-order valence-electron chi connectivity index (χ4n) is 5.27. The molecule has 200 valence electrons. The third-order valence-electron chi connectivity index (χ3n) is 7.74.